The molecule has 0 bridgehead atoms. The maximum absolute atomic E-state index is 13.0. The number of likely N-dealkylation sites (N-methyl/N-ethyl adjacent to an activating group) is 1. The first-order chi connectivity index (χ1) is 14.1. The van der Waals surface area contributed by atoms with Gasteiger partial charge in [0.1, 0.15) is 5.82 Å². The summed E-state index contributed by atoms with van der Waals surface area (Å²) in [6.07, 6.45) is 1.47. The third kappa shape index (κ3) is 3.65. The Labute approximate surface area is 171 Å². The molecule has 0 saturated carbocycles. The number of carbonyl (C=O) groups is 1. The summed E-state index contributed by atoms with van der Waals surface area (Å²) < 4.78 is 2.78. The molecule has 160 valence electrons. The van der Waals surface area contributed by atoms with E-state index < -0.39 is 17.2 Å². The van der Waals surface area contributed by atoms with Crippen molar-refractivity contribution in [3.05, 3.63) is 54.2 Å². The second-order valence-electron chi connectivity index (χ2n) is 7.20. The number of fused-ring (bicyclic) bond motifs is 1. The zero-order chi connectivity index (χ0) is 22.2. The Hall–Kier alpha value is -3.63. The van der Waals surface area contributed by atoms with E-state index in [1.807, 2.05) is 6.92 Å². The minimum atomic E-state index is -0.724. The Bertz CT molecular complexity index is 1300. The number of anilines is 2. The standard InChI is InChI=1S/C19H25N7O4/c1-5-6-7-25-17(20)16(18(29)22-19(25)30)24(4)15(28)8-12-10(2)21-13-9-14(27)23-26(13)11(12)3/h9H,5-8,20H2,1-4H3,(H,23,27)(H,22,29,30). The number of nitrogens with one attached hydrogen (secondary N) is 2. The van der Waals surface area contributed by atoms with Crippen LogP contribution in [0.3, 0.4) is 0 Å². The van der Waals surface area contributed by atoms with Gasteiger partial charge in [-0.1, -0.05) is 13.3 Å². The van der Waals surface area contributed by atoms with Crippen LogP contribution in [0, 0.1) is 13.8 Å². The van der Waals surface area contributed by atoms with Crippen LogP contribution in [-0.2, 0) is 17.8 Å². The van der Waals surface area contributed by atoms with Crippen molar-refractivity contribution in [3.8, 4) is 0 Å². The van der Waals surface area contributed by atoms with E-state index in [1.54, 1.807) is 13.8 Å². The Morgan fingerprint density at radius 3 is 2.63 bits per heavy atom. The monoisotopic (exact) mass is 415 g/mol. The highest BCUT2D eigenvalue weighted by Gasteiger charge is 2.23. The molecule has 30 heavy (non-hydrogen) atoms. The van der Waals surface area contributed by atoms with Crippen molar-refractivity contribution in [1.82, 2.24) is 24.1 Å². The van der Waals surface area contributed by atoms with Crippen LogP contribution in [-0.4, -0.2) is 37.1 Å². The highest BCUT2D eigenvalue weighted by atomic mass is 16.2. The molecule has 3 aromatic rings. The number of hydrogen-bond donors (Lipinski definition) is 3. The van der Waals surface area contributed by atoms with Crippen molar-refractivity contribution >= 4 is 23.1 Å². The second kappa shape index (κ2) is 8.01. The number of rotatable bonds is 6. The zero-order valence-electron chi connectivity index (χ0n) is 17.4. The Balaban J connectivity index is 1.99. The lowest BCUT2D eigenvalue weighted by Gasteiger charge is -2.21. The van der Waals surface area contributed by atoms with E-state index in [0.717, 1.165) is 11.3 Å². The zero-order valence-corrected chi connectivity index (χ0v) is 17.4. The number of carbonyl (C=O) groups excluding carboxylic acids is 1. The van der Waals surface area contributed by atoms with Gasteiger partial charge in [-0.2, -0.15) is 0 Å². The van der Waals surface area contributed by atoms with Gasteiger partial charge in [-0.15, -0.1) is 0 Å². The van der Waals surface area contributed by atoms with Crippen molar-refractivity contribution in [2.24, 2.45) is 0 Å². The fourth-order valence-corrected chi connectivity index (χ4v) is 3.45. The van der Waals surface area contributed by atoms with Crippen LogP contribution >= 0.6 is 0 Å². The molecule has 4 N–H and O–H groups in total. The number of aryl methyl sites for hydroxylation is 2. The van der Waals surface area contributed by atoms with Crippen LogP contribution in [0.5, 0.6) is 0 Å². The molecule has 3 aromatic heterocycles. The fourth-order valence-electron chi connectivity index (χ4n) is 3.45. The molecule has 0 spiro atoms. The lowest BCUT2D eigenvalue weighted by molar-refractivity contribution is -0.117. The number of H-pyrrole nitrogens is 2. The van der Waals surface area contributed by atoms with Crippen LogP contribution in [0.25, 0.3) is 5.65 Å². The summed E-state index contributed by atoms with van der Waals surface area (Å²) in [7, 11) is 1.44. The Morgan fingerprint density at radius 1 is 1.27 bits per heavy atom. The molecule has 0 radical (unpaired) electrons. The third-order valence-electron chi connectivity index (χ3n) is 5.19. The molecule has 3 heterocycles. The molecule has 11 heteroatoms. The molecule has 3 rings (SSSR count). The number of amides is 1. The minimum Gasteiger partial charge on any atom is -0.383 e. The summed E-state index contributed by atoms with van der Waals surface area (Å²) in [4.78, 5) is 56.8. The lowest BCUT2D eigenvalue weighted by Crippen LogP contribution is -2.40. The predicted octanol–water partition coefficient (Wildman–Crippen LogP) is 0.0772. The molecule has 11 nitrogen and oxygen atoms in total. The van der Waals surface area contributed by atoms with Gasteiger partial charge in [-0.05, 0) is 20.3 Å². The average Bonchev–Trinajstić information content (AvgIpc) is 3.04. The molecular formula is C19H25N7O4. The van der Waals surface area contributed by atoms with Gasteiger partial charge in [0.25, 0.3) is 11.1 Å². The van der Waals surface area contributed by atoms with E-state index in [0.29, 0.717) is 35.6 Å². The van der Waals surface area contributed by atoms with E-state index in [2.05, 4.69) is 15.1 Å². The summed E-state index contributed by atoms with van der Waals surface area (Å²) in [5, 5.41) is 2.64. The number of aromatic nitrogens is 5. The number of unbranched alkanes of at least 4 members (excludes halogenated alkanes) is 1. The molecule has 1 amide bonds. The number of nitrogens with two attached hydrogens (primary N) is 1. The molecular weight excluding hydrogens is 390 g/mol. The van der Waals surface area contributed by atoms with E-state index in [1.165, 1.54) is 22.2 Å². The van der Waals surface area contributed by atoms with Gasteiger partial charge in [0.05, 0.1) is 6.42 Å². The van der Waals surface area contributed by atoms with Crippen LogP contribution in [0.2, 0.25) is 0 Å². The van der Waals surface area contributed by atoms with Crippen LogP contribution in [0.4, 0.5) is 11.5 Å². The molecule has 0 unspecified atom stereocenters. The van der Waals surface area contributed by atoms with Gasteiger partial charge in [-0.3, -0.25) is 29.0 Å². The number of nitrogens with zero attached hydrogens (tertiary/aromatic N) is 4. The van der Waals surface area contributed by atoms with Crippen LogP contribution in [0.15, 0.2) is 20.4 Å². The van der Waals surface area contributed by atoms with Gasteiger partial charge in [0, 0.05) is 36.6 Å². The number of aromatic amines is 2. The number of hydrogen-bond acceptors (Lipinski definition) is 6. The van der Waals surface area contributed by atoms with E-state index in [4.69, 9.17) is 5.73 Å². The fraction of sp³-hybridized carbons (Fsp3) is 0.421. The summed E-state index contributed by atoms with van der Waals surface area (Å²) in [6.45, 7) is 5.83. The van der Waals surface area contributed by atoms with Gasteiger partial charge in [0.2, 0.25) is 5.91 Å². The van der Waals surface area contributed by atoms with Gasteiger partial charge < -0.3 is 10.6 Å². The molecule has 0 atom stereocenters. The first-order valence-corrected chi connectivity index (χ1v) is 9.62. The first kappa shape index (κ1) is 21.1. The molecule has 0 aliphatic carbocycles. The first-order valence-electron chi connectivity index (χ1n) is 9.62. The quantitative estimate of drug-likeness (QED) is 0.518. The third-order valence-corrected chi connectivity index (χ3v) is 5.19. The van der Waals surface area contributed by atoms with E-state index in [9.17, 15) is 19.2 Å². The van der Waals surface area contributed by atoms with Crippen molar-refractivity contribution < 1.29 is 4.79 Å². The molecule has 0 fully saturated rings. The normalized spacial score (nSPS) is 11.2. The lowest BCUT2D eigenvalue weighted by atomic mass is 10.1. The molecule has 0 aliphatic rings. The average molecular weight is 415 g/mol. The van der Waals surface area contributed by atoms with Gasteiger partial charge in [-0.25, -0.2) is 14.3 Å². The molecule has 0 aromatic carbocycles. The largest absolute Gasteiger partial charge is 0.383 e. The smallest absolute Gasteiger partial charge is 0.330 e. The Morgan fingerprint density at radius 2 is 1.97 bits per heavy atom. The summed E-state index contributed by atoms with van der Waals surface area (Å²) in [5.74, 6) is -0.459. The maximum Gasteiger partial charge on any atom is 0.330 e. The second-order valence-corrected chi connectivity index (χ2v) is 7.20. The van der Waals surface area contributed by atoms with Crippen LogP contribution < -0.4 is 27.4 Å². The van der Waals surface area contributed by atoms with Gasteiger partial charge in [0.15, 0.2) is 11.3 Å². The highest BCUT2D eigenvalue weighted by molar-refractivity contribution is 5.96. The predicted molar refractivity (Wildman–Crippen MR) is 113 cm³/mol. The summed E-state index contributed by atoms with van der Waals surface area (Å²) in [6, 6.07) is 1.37. The van der Waals surface area contributed by atoms with Crippen molar-refractivity contribution in [2.45, 2.75) is 46.6 Å². The molecule has 0 saturated heterocycles. The minimum absolute atomic E-state index is 0.0511. The van der Waals surface area contributed by atoms with Crippen molar-refractivity contribution in [1.29, 1.82) is 0 Å². The Kier molecular flexibility index (Phi) is 5.63. The topological polar surface area (TPSA) is 151 Å². The molecule has 0 aliphatic heterocycles. The summed E-state index contributed by atoms with van der Waals surface area (Å²) in [5.41, 5.74) is 6.74. The van der Waals surface area contributed by atoms with Gasteiger partial charge >= 0.3 is 5.69 Å². The number of nitrogen functional groups attached to an aromatic ring is 1. The highest BCUT2D eigenvalue weighted by Crippen LogP contribution is 2.19. The maximum atomic E-state index is 13.0. The summed E-state index contributed by atoms with van der Waals surface area (Å²) >= 11 is 0. The van der Waals surface area contributed by atoms with Crippen LogP contribution in [0.1, 0.15) is 36.7 Å². The van der Waals surface area contributed by atoms with Crippen molar-refractivity contribution in [2.75, 3.05) is 17.7 Å². The van der Waals surface area contributed by atoms with E-state index >= 15 is 0 Å². The van der Waals surface area contributed by atoms with E-state index in [-0.39, 0.29) is 23.5 Å². The van der Waals surface area contributed by atoms with Crippen molar-refractivity contribution in [3.63, 3.8) is 0 Å². The SMILES string of the molecule is CCCCn1c(N)c(N(C)C(=O)Cc2c(C)nc3cc(=O)[nH]n3c2C)c(=O)[nH]c1=O.